The first kappa shape index (κ1) is 8.76. The van der Waals surface area contributed by atoms with E-state index in [4.69, 9.17) is 0 Å². The minimum Gasteiger partial charge on any atom is -0.346 e. The average molecular weight is 176 g/mol. The van der Waals surface area contributed by atoms with Gasteiger partial charge in [0.2, 0.25) is 0 Å². The molecule has 2 rings (SSSR count). The van der Waals surface area contributed by atoms with Crippen LogP contribution in [0.4, 0.5) is 0 Å². The highest BCUT2D eigenvalue weighted by Gasteiger charge is 2.14. The Labute approximate surface area is 80.2 Å². The first-order valence-electron chi connectivity index (χ1n) is 5.33. The molecule has 0 amide bonds. The first-order chi connectivity index (χ1) is 6.47. The van der Waals surface area contributed by atoms with Gasteiger partial charge in [0, 0.05) is 6.42 Å². The van der Waals surface area contributed by atoms with Crippen molar-refractivity contribution >= 4 is 0 Å². The van der Waals surface area contributed by atoms with Crippen molar-refractivity contribution in [2.24, 2.45) is 0 Å². The Kier molecular flexibility index (Phi) is 2.98. The van der Waals surface area contributed by atoms with Gasteiger partial charge in [0.1, 0.15) is 0 Å². The van der Waals surface area contributed by atoms with Gasteiger partial charge in [-0.3, -0.25) is 0 Å². The molecule has 0 bridgehead atoms. The number of rotatable bonds is 1. The molecule has 0 saturated carbocycles. The van der Waals surface area contributed by atoms with Crippen LogP contribution in [0.25, 0.3) is 0 Å². The lowest BCUT2D eigenvalue weighted by Gasteiger charge is -2.12. The molecule has 0 spiro atoms. The van der Waals surface area contributed by atoms with E-state index < -0.39 is 0 Å². The molecule has 1 aromatic rings. The van der Waals surface area contributed by atoms with E-state index in [-0.39, 0.29) is 0 Å². The van der Waals surface area contributed by atoms with Crippen LogP contribution in [0.1, 0.15) is 30.7 Å². The van der Waals surface area contributed by atoms with E-state index in [1.54, 1.807) is 0 Å². The van der Waals surface area contributed by atoms with E-state index >= 15 is 0 Å². The summed E-state index contributed by atoms with van der Waals surface area (Å²) in [6.45, 7) is 2.63. The van der Waals surface area contributed by atoms with Gasteiger partial charge in [0.25, 0.3) is 0 Å². The predicted molar refractivity (Wildman–Crippen MR) is 54.7 cm³/mol. The number of hydrogen-bond donors (Lipinski definition) is 1. The van der Waals surface area contributed by atoms with Crippen molar-refractivity contribution in [3.63, 3.8) is 0 Å². The molecule has 0 radical (unpaired) electrons. The van der Waals surface area contributed by atoms with E-state index in [1.165, 1.54) is 37.9 Å². The van der Waals surface area contributed by atoms with Crippen LogP contribution in [-0.2, 0) is 0 Å². The van der Waals surface area contributed by atoms with Crippen LogP contribution in [0.2, 0.25) is 0 Å². The molecular weight excluding hydrogens is 158 g/mol. The molecule has 1 fully saturated rings. The van der Waals surface area contributed by atoms with E-state index in [0.717, 1.165) is 5.92 Å². The van der Waals surface area contributed by atoms with Crippen LogP contribution in [0.5, 0.6) is 0 Å². The lowest BCUT2D eigenvalue weighted by atomic mass is 9.92. The minimum atomic E-state index is 0.819. The van der Waals surface area contributed by atoms with Gasteiger partial charge in [0.15, 0.2) is 0 Å². The number of hydrogen-bond acceptors (Lipinski definition) is 0. The summed E-state index contributed by atoms with van der Waals surface area (Å²) in [5.74, 6) is 0.819. The van der Waals surface area contributed by atoms with Gasteiger partial charge in [-0.2, -0.15) is 0 Å². The van der Waals surface area contributed by atoms with Crippen molar-refractivity contribution in [1.82, 2.24) is 0 Å². The van der Waals surface area contributed by atoms with Crippen molar-refractivity contribution in [2.75, 3.05) is 13.1 Å². The maximum Gasteiger partial charge on any atom is 0.0761 e. The number of nitrogens with two attached hydrogens (primary N) is 1. The van der Waals surface area contributed by atoms with Crippen LogP contribution in [-0.4, -0.2) is 13.1 Å². The molecular formula is C12H18N+. The third-order valence-electron chi connectivity index (χ3n) is 2.95. The Hall–Kier alpha value is -0.820. The van der Waals surface area contributed by atoms with Crippen molar-refractivity contribution in [3.05, 3.63) is 35.9 Å². The van der Waals surface area contributed by atoms with Crippen molar-refractivity contribution in [1.29, 1.82) is 0 Å². The molecule has 1 heterocycles. The van der Waals surface area contributed by atoms with Crippen LogP contribution < -0.4 is 5.32 Å². The third kappa shape index (κ3) is 2.31. The zero-order chi connectivity index (χ0) is 8.93. The maximum atomic E-state index is 2.45. The van der Waals surface area contributed by atoms with E-state index in [0.29, 0.717) is 0 Å². The summed E-state index contributed by atoms with van der Waals surface area (Å²) < 4.78 is 0. The molecule has 13 heavy (non-hydrogen) atoms. The highest BCUT2D eigenvalue weighted by Crippen LogP contribution is 2.24. The standard InChI is InChI=1S/C12H17N/c1-2-5-11(6-3-1)12-7-4-9-13-10-8-12/h1-3,5-6,12-13H,4,7-10H2/p+1. The summed E-state index contributed by atoms with van der Waals surface area (Å²) in [4.78, 5) is 0. The largest absolute Gasteiger partial charge is 0.346 e. The predicted octanol–water partition coefficient (Wildman–Crippen LogP) is 1.52. The molecule has 1 heteroatoms. The van der Waals surface area contributed by atoms with Gasteiger partial charge < -0.3 is 5.32 Å². The third-order valence-corrected chi connectivity index (χ3v) is 2.95. The maximum absolute atomic E-state index is 2.45. The van der Waals surface area contributed by atoms with Crippen LogP contribution in [0.15, 0.2) is 30.3 Å². The van der Waals surface area contributed by atoms with Crippen molar-refractivity contribution in [2.45, 2.75) is 25.2 Å². The molecule has 70 valence electrons. The number of benzene rings is 1. The zero-order valence-corrected chi connectivity index (χ0v) is 8.08. The van der Waals surface area contributed by atoms with Crippen LogP contribution in [0.3, 0.4) is 0 Å². The summed E-state index contributed by atoms with van der Waals surface area (Å²) >= 11 is 0. The van der Waals surface area contributed by atoms with E-state index in [9.17, 15) is 0 Å². The zero-order valence-electron chi connectivity index (χ0n) is 8.08. The lowest BCUT2D eigenvalue weighted by Crippen LogP contribution is -2.83. The second-order valence-corrected chi connectivity index (χ2v) is 3.90. The molecule has 0 aromatic heterocycles. The molecule has 1 atom stereocenters. The fraction of sp³-hybridized carbons (Fsp3) is 0.500. The van der Waals surface area contributed by atoms with Crippen molar-refractivity contribution < 1.29 is 5.32 Å². The Morgan fingerprint density at radius 3 is 2.69 bits per heavy atom. The first-order valence-corrected chi connectivity index (χ1v) is 5.33. The Balaban J connectivity index is 2.06. The minimum absolute atomic E-state index is 0.819. The summed E-state index contributed by atoms with van der Waals surface area (Å²) in [7, 11) is 0. The smallest absolute Gasteiger partial charge is 0.0761 e. The molecule has 2 N–H and O–H groups in total. The summed E-state index contributed by atoms with van der Waals surface area (Å²) in [5, 5.41) is 2.45. The van der Waals surface area contributed by atoms with Gasteiger partial charge in [-0.05, 0) is 24.3 Å². The summed E-state index contributed by atoms with van der Waals surface area (Å²) in [6, 6.07) is 11.0. The highest BCUT2D eigenvalue weighted by atomic mass is 14.8. The molecule has 1 unspecified atom stereocenters. The molecule has 1 nitrogen and oxygen atoms in total. The Morgan fingerprint density at radius 2 is 1.85 bits per heavy atom. The lowest BCUT2D eigenvalue weighted by molar-refractivity contribution is -0.653. The van der Waals surface area contributed by atoms with Gasteiger partial charge in [-0.25, -0.2) is 0 Å². The highest BCUT2D eigenvalue weighted by molar-refractivity contribution is 5.19. The molecule has 1 aliphatic rings. The Bertz CT molecular complexity index is 235. The van der Waals surface area contributed by atoms with Crippen LogP contribution >= 0.6 is 0 Å². The second kappa shape index (κ2) is 4.43. The second-order valence-electron chi connectivity index (χ2n) is 3.90. The molecule has 0 aliphatic carbocycles. The molecule has 1 aromatic carbocycles. The molecule has 1 saturated heterocycles. The van der Waals surface area contributed by atoms with Gasteiger partial charge in [-0.15, -0.1) is 0 Å². The quantitative estimate of drug-likeness (QED) is 0.668. The Morgan fingerprint density at radius 1 is 1.00 bits per heavy atom. The summed E-state index contributed by atoms with van der Waals surface area (Å²) in [5.41, 5.74) is 1.54. The fourth-order valence-electron chi connectivity index (χ4n) is 2.17. The topological polar surface area (TPSA) is 16.6 Å². The molecule has 1 aliphatic heterocycles. The average Bonchev–Trinajstić information content (AvgIpc) is 2.47. The van der Waals surface area contributed by atoms with Gasteiger partial charge >= 0.3 is 0 Å². The van der Waals surface area contributed by atoms with Crippen molar-refractivity contribution in [3.8, 4) is 0 Å². The normalized spacial score (nSPS) is 23.8. The summed E-state index contributed by atoms with van der Waals surface area (Å²) in [6.07, 6.45) is 4.10. The monoisotopic (exact) mass is 176 g/mol. The van der Waals surface area contributed by atoms with E-state index in [2.05, 4.69) is 35.6 Å². The van der Waals surface area contributed by atoms with Gasteiger partial charge in [0.05, 0.1) is 13.1 Å². The van der Waals surface area contributed by atoms with E-state index in [1.807, 2.05) is 0 Å². The fourth-order valence-corrected chi connectivity index (χ4v) is 2.17. The van der Waals surface area contributed by atoms with Crippen LogP contribution in [0, 0.1) is 0 Å². The number of quaternary nitrogens is 1. The van der Waals surface area contributed by atoms with Gasteiger partial charge in [-0.1, -0.05) is 30.3 Å². The SMILES string of the molecule is c1ccc(C2CCC[NH2+]CC2)cc1.